The molecule has 0 spiro atoms. The van der Waals surface area contributed by atoms with Crippen molar-refractivity contribution in [1.82, 2.24) is 9.21 Å². The van der Waals surface area contributed by atoms with Crippen LogP contribution in [0, 0.1) is 5.92 Å². The zero-order valence-electron chi connectivity index (χ0n) is 13.2. The Morgan fingerprint density at radius 1 is 1.00 bits per heavy atom. The number of sulfonamides is 1. The molecule has 0 aromatic heterocycles. The molecule has 1 aromatic carbocycles. The van der Waals surface area contributed by atoms with Crippen LogP contribution in [-0.2, 0) is 14.8 Å². The number of piperazine rings is 1. The first-order valence-electron chi connectivity index (χ1n) is 8.14. The lowest BCUT2D eigenvalue weighted by atomic mass is 10.1. The fraction of sp³-hybridized carbons (Fsp3) is 0.562. The van der Waals surface area contributed by atoms with Gasteiger partial charge in [-0.1, -0.05) is 42.1 Å². The molecule has 0 atom stereocenters. The smallest absolute Gasteiger partial charge is 0.246 e. The maximum atomic E-state index is 12.8. The lowest BCUT2D eigenvalue weighted by molar-refractivity contribution is -0.136. The maximum Gasteiger partial charge on any atom is 0.246 e. The van der Waals surface area contributed by atoms with Crippen molar-refractivity contribution in [3.05, 3.63) is 28.2 Å². The van der Waals surface area contributed by atoms with Crippen LogP contribution in [0.4, 0.5) is 0 Å². The van der Waals surface area contributed by atoms with Crippen molar-refractivity contribution in [2.75, 3.05) is 26.2 Å². The molecule has 24 heavy (non-hydrogen) atoms. The largest absolute Gasteiger partial charge is 0.340 e. The quantitative estimate of drug-likeness (QED) is 0.796. The highest BCUT2D eigenvalue weighted by molar-refractivity contribution is 7.89. The second kappa shape index (κ2) is 7.20. The van der Waals surface area contributed by atoms with Crippen LogP contribution in [0.5, 0.6) is 0 Å². The predicted octanol–water partition coefficient (Wildman–Crippen LogP) is 3.02. The van der Waals surface area contributed by atoms with E-state index in [0.29, 0.717) is 13.1 Å². The lowest BCUT2D eigenvalue weighted by Crippen LogP contribution is -2.51. The first kappa shape index (κ1) is 18.0. The van der Waals surface area contributed by atoms with Gasteiger partial charge in [-0.15, -0.1) is 0 Å². The standard InChI is InChI=1S/C16H20Cl2N2O3S/c17-13-6-3-7-14(18)15(13)24(22,23)20-10-8-19(9-11-20)16(21)12-4-1-2-5-12/h3,6-7,12H,1-2,4-5,8-11H2. The highest BCUT2D eigenvalue weighted by Gasteiger charge is 2.35. The molecule has 8 heteroatoms. The molecular formula is C16H20Cl2N2O3S. The van der Waals surface area contributed by atoms with E-state index in [1.807, 2.05) is 0 Å². The monoisotopic (exact) mass is 390 g/mol. The summed E-state index contributed by atoms with van der Waals surface area (Å²) in [6.07, 6.45) is 4.12. The summed E-state index contributed by atoms with van der Waals surface area (Å²) in [6.45, 7) is 1.36. The van der Waals surface area contributed by atoms with Gasteiger partial charge >= 0.3 is 0 Å². The van der Waals surface area contributed by atoms with Gasteiger partial charge in [0.25, 0.3) is 0 Å². The van der Waals surface area contributed by atoms with E-state index in [0.717, 1.165) is 25.7 Å². The van der Waals surface area contributed by atoms with Crippen molar-refractivity contribution in [1.29, 1.82) is 0 Å². The Morgan fingerprint density at radius 3 is 2.08 bits per heavy atom. The Labute approximate surface area is 152 Å². The molecule has 3 rings (SSSR count). The molecule has 0 bridgehead atoms. The number of nitrogens with zero attached hydrogens (tertiary/aromatic N) is 2. The summed E-state index contributed by atoms with van der Waals surface area (Å²) in [5.41, 5.74) is 0. The molecule has 2 fully saturated rings. The molecule has 0 N–H and O–H groups in total. The molecule has 1 amide bonds. The molecule has 5 nitrogen and oxygen atoms in total. The van der Waals surface area contributed by atoms with Crippen molar-refractivity contribution >= 4 is 39.1 Å². The van der Waals surface area contributed by atoms with Crippen LogP contribution in [0.1, 0.15) is 25.7 Å². The summed E-state index contributed by atoms with van der Waals surface area (Å²) in [6, 6.07) is 4.64. The van der Waals surface area contributed by atoms with Gasteiger partial charge in [-0.3, -0.25) is 4.79 Å². The number of halogens is 2. The summed E-state index contributed by atoms with van der Waals surface area (Å²) in [5.74, 6) is 0.284. The molecule has 0 radical (unpaired) electrons. The molecule has 1 heterocycles. The molecule has 132 valence electrons. The summed E-state index contributed by atoms with van der Waals surface area (Å²) >= 11 is 12.1. The number of carbonyl (C=O) groups is 1. The maximum absolute atomic E-state index is 12.8. The van der Waals surface area contributed by atoms with E-state index < -0.39 is 10.0 Å². The molecule has 2 aliphatic rings. The van der Waals surface area contributed by atoms with Gasteiger partial charge in [-0.25, -0.2) is 8.42 Å². The fourth-order valence-electron chi connectivity index (χ4n) is 3.44. The average Bonchev–Trinajstić information content (AvgIpc) is 3.08. The second-order valence-corrected chi connectivity index (χ2v) is 8.95. The van der Waals surface area contributed by atoms with Crippen LogP contribution in [0.2, 0.25) is 10.0 Å². The highest BCUT2D eigenvalue weighted by atomic mass is 35.5. The van der Waals surface area contributed by atoms with Crippen LogP contribution in [-0.4, -0.2) is 49.7 Å². The van der Waals surface area contributed by atoms with Crippen molar-refractivity contribution in [2.24, 2.45) is 5.92 Å². The van der Waals surface area contributed by atoms with E-state index >= 15 is 0 Å². The fourth-order valence-corrected chi connectivity index (χ4v) is 5.95. The van der Waals surface area contributed by atoms with E-state index in [2.05, 4.69) is 0 Å². The summed E-state index contributed by atoms with van der Waals surface area (Å²) in [5, 5.41) is 0.235. The minimum atomic E-state index is -3.76. The zero-order valence-corrected chi connectivity index (χ0v) is 15.6. The number of amides is 1. The topological polar surface area (TPSA) is 57.7 Å². The SMILES string of the molecule is O=C(C1CCCC1)N1CCN(S(=O)(=O)c2c(Cl)cccc2Cl)CC1. The first-order chi connectivity index (χ1) is 11.4. The molecule has 0 unspecified atom stereocenters. The molecule has 1 aliphatic carbocycles. The van der Waals surface area contributed by atoms with Crippen LogP contribution in [0.25, 0.3) is 0 Å². The average molecular weight is 391 g/mol. The third kappa shape index (κ3) is 3.43. The Balaban J connectivity index is 1.71. The van der Waals surface area contributed by atoms with E-state index in [1.54, 1.807) is 11.0 Å². The summed E-state index contributed by atoms with van der Waals surface area (Å²) < 4.78 is 27.0. The van der Waals surface area contributed by atoms with Gasteiger partial charge < -0.3 is 4.90 Å². The van der Waals surface area contributed by atoms with Gasteiger partial charge in [0.1, 0.15) is 4.90 Å². The normalized spacial score (nSPS) is 20.5. The zero-order chi connectivity index (χ0) is 17.3. The number of benzene rings is 1. The van der Waals surface area contributed by atoms with Gasteiger partial charge in [0, 0.05) is 32.1 Å². The second-order valence-electron chi connectivity index (χ2n) is 6.26. The van der Waals surface area contributed by atoms with Crippen molar-refractivity contribution < 1.29 is 13.2 Å². The minimum absolute atomic E-state index is 0.0519. The van der Waals surface area contributed by atoms with E-state index in [-0.39, 0.29) is 39.9 Å². The van der Waals surface area contributed by atoms with Crippen molar-refractivity contribution in [3.8, 4) is 0 Å². The number of hydrogen-bond donors (Lipinski definition) is 0. The van der Waals surface area contributed by atoms with Crippen LogP contribution < -0.4 is 0 Å². The van der Waals surface area contributed by atoms with Crippen molar-refractivity contribution in [2.45, 2.75) is 30.6 Å². The highest BCUT2D eigenvalue weighted by Crippen LogP contribution is 2.32. The van der Waals surface area contributed by atoms with Crippen molar-refractivity contribution in [3.63, 3.8) is 0 Å². The van der Waals surface area contributed by atoms with Gasteiger partial charge in [0.2, 0.25) is 15.9 Å². The number of rotatable bonds is 3. The van der Waals surface area contributed by atoms with Crippen LogP contribution in [0.15, 0.2) is 23.1 Å². The Morgan fingerprint density at radius 2 is 1.54 bits per heavy atom. The summed E-state index contributed by atoms with van der Waals surface area (Å²) in [4.78, 5) is 14.2. The Bertz CT molecular complexity index is 705. The van der Waals surface area contributed by atoms with Gasteiger partial charge in [0.15, 0.2) is 0 Å². The van der Waals surface area contributed by atoms with Gasteiger partial charge in [0.05, 0.1) is 10.0 Å². The molecular weight excluding hydrogens is 371 g/mol. The molecule has 1 saturated carbocycles. The molecule has 1 saturated heterocycles. The first-order valence-corrected chi connectivity index (χ1v) is 10.3. The lowest BCUT2D eigenvalue weighted by Gasteiger charge is -2.35. The third-order valence-electron chi connectivity index (χ3n) is 4.77. The van der Waals surface area contributed by atoms with Gasteiger partial charge in [-0.05, 0) is 25.0 Å². The third-order valence-corrected chi connectivity index (χ3v) is 7.63. The number of hydrogen-bond acceptors (Lipinski definition) is 3. The number of carbonyl (C=O) groups excluding carboxylic acids is 1. The predicted molar refractivity (Wildman–Crippen MR) is 93.8 cm³/mol. The molecule has 1 aromatic rings. The van der Waals surface area contributed by atoms with Crippen LogP contribution in [0.3, 0.4) is 0 Å². The Kier molecular flexibility index (Phi) is 5.39. The molecule has 1 aliphatic heterocycles. The van der Waals surface area contributed by atoms with E-state index in [1.165, 1.54) is 16.4 Å². The minimum Gasteiger partial charge on any atom is -0.340 e. The van der Waals surface area contributed by atoms with Gasteiger partial charge in [-0.2, -0.15) is 4.31 Å². The summed E-state index contributed by atoms with van der Waals surface area (Å²) in [7, 11) is -3.76. The van der Waals surface area contributed by atoms with Crippen LogP contribution >= 0.6 is 23.2 Å². The van der Waals surface area contributed by atoms with E-state index in [4.69, 9.17) is 23.2 Å². The Hall–Kier alpha value is -0.820. The van der Waals surface area contributed by atoms with E-state index in [9.17, 15) is 13.2 Å².